The monoisotopic (exact) mass is 705 g/mol. The normalized spacial score (nSPS) is 39.0. The lowest BCUT2D eigenvalue weighted by Crippen LogP contribution is -2.58. The molecule has 0 spiro atoms. The number of cyclic esters (lactones) is 1. The third-order valence-corrected chi connectivity index (χ3v) is 11.1. The highest BCUT2D eigenvalue weighted by atomic mass is 16.7. The maximum absolute atomic E-state index is 14.4. The van der Waals surface area contributed by atoms with E-state index >= 15 is 0 Å². The van der Waals surface area contributed by atoms with E-state index in [4.69, 9.17) is 29.2 Å². The maximum Gasteiger partial charge on any atom is 0.411 e. The highest BCUT2D eigenvalue weighted by Gasteiger charge is 2.59. The Morgan fingerprint density at radius 2 is 1.76 bits per heavy atom. The summed E-state index contributed by atoms with van der Waals surface area (Å²) in [7, 11) is 5.54. The molecule has 0 aromatic carbocycles. The molecule has 0 bridgehead atoms. The third kappa shape index (κ3) is 8.53. The zero-order valence-electron chi connectivity index (χ0n) is 31.8. The molecule has 3 aliphatic rings. The summed E-state index contributed by atoms with van der Waals surface area (Å²) in [6.45, 7) is 18.9. The molecular formula is C36H59N5O9. The number of ether oxygens (including phenoxy) is 5. The number of carbonyl (C=O) groups is 4. The molecule has 3 rings (SSSR count). The minimum absolute atomic E-state index is 0.0699. The Morgan fingerprint density at radius 1 is 1.10 bits per heavy atom. The van der Waals surface area contributed by atoms with Gasteiger partial charge in [0.2, 0.25) is 0 Å². The lowest BCUT2D eigenvalue weighted by Gasteiger charge is -2.47. The smallest absolute Gasteiger partial charge is 0.411 e. The average molecular weight is 706 g/mol. The third-order valence-electron chi connectivity index (χ3n) is 11.1. The molecular weight excluding hydrogens is 646 g/mol. The first-order valence-corrected chi connectivity index (χ1v) is 17.9. The van der Waals surface area contributed by atoms with E-state index in [9.17, 15) is 19.2 Å². The molecule has 0 aromatic heterocycles. The Bertz CT molecular complexity index is 1320. The van der Waals surface area contributed by atoms with Crippen molar-refractivity contribution in [1.82, 2.24) is 9.80 Å². The van der Waals surface area contributed by atoms with Crippen LogP contribution in [0.25, 0.3) is 10.4 Å². The number of carbonyl (C=O) groups excluding carboxylic acids is 4. The summed E-state index contributed by atoms with van der Waals surface area (Å²) in [6, 6.07) is -0.824. The van der Waals surface area contributed by atoms with Crippen molar-refractivity contribution in [2.24, 2.45) is 28.8 Å². The van der Waals surface area contributed by atoms with E-state index in [0.29, 0.717) is 12.8 Å². The van der Waals surface area contributed by atoms with E-state index in [0.717, 1.165) is 6.42 Å². The minimum Gasteiger partial charge on any atom is -0.457 e. The second kappa shape index (κ2) is 17.0. The topological polar surface area (TPSA) is 170 Å². The second-order valence-electron chi connectivity index (χ2n) is 15.1. The summed E-state index contributed by atoms with van der Waals surface area (Å²) in [4.78, 5) is 62.2. The van der Waals surface area contributed by atoms with Gasteiger partial charge in [-0.3, -0.25) is 19.3 Å². The van der Waals surface area contributed by atoms with Gasteiger partial charge in [-0.15, -0.1) is 0 Å². The fourth-order valence-electron chi connectivity index (χ4n) is 8.11. The van der Waals surface area contributed by atoms with Crippen LogP contribution >= 0.6 is 0 Å². The fourth-order valence-corrected chi connectivity index (χ4v) is 8.11. The second-order valence-corrected chi connectivity index (χ2v) is 15.1. The van der Waals surface area contributed by atoms with Crippen molar-refractivity contribution in [2.75, 3.05) is 34.3 Å². The van der Waals surface area contributed by atoms with Gasteiger partial charge < -0.3 is 28.6 Å². The van der Waals surface area contributed by atoms with Crippen molar-refractivity contribution in [3.8, 4) is 0 Å². The lowest BCUT2D eigenvalue weighted by atomic mass is 9.75. The molecule has 50 heavy (non-hydrogen) atoms. The van der Waals surface area contributed by atoms with Gasteiger partial charge in [0.25, 0.3) is 0 Å². The number of amides is 1. The van der Waals surface area contributed by atoms with Crippen LogP contribution in [-0.2, 0) is 38.1 Å². The standard InChI is InChI=1S/C36H59N5O9/c1-13-27-36(9)30(41(34(45)50-36)17-15-14-16-38-39-37)23(5)28(42)20(2)19-35(8,46-12)31(24(6)29(43)25(7)32(44)48-27)49-33-22(4)26(40(10)11)18-21(3)47-33/h20-22,24-27,30-31,33H,5,13-19H2,1-4,6-12H3/t20-,21?,22?,24+,25-,26?,27-,30-,31-,33+,35-,36-/m1/s1. The van der Waals surface area contributed by atoms with Gasteiger partial charge in [-0.25, -0.2) is 4.79 Å². The number of esters is 1. The van der Waals surface area contributed by atoms with E-state index in [-0.39, 0.29) is 55.4 Å². The Morgan fingerprint density at radius 3 is 2.34 bits per heavy atom. The molecule has 3 aliphatic heterocycles. The molecule has 3 heterocycles. The van der Waals surface area contributed by atoms with Crippen LogP contribution in [0, 0.1) is 23.7 Å². The highest BCUT2D eigenvalue weighted by molar-refractivity contribution is 6.00. The van der Waals surface area contributed by atoms with Gasteiger partial charge in [-0.1, -0.05) is 39.4 Å². The molecule has 3 fully saturated rings. The largest absolute Gasteiger partial charge is 0.457 e. The quantitative estimate of drug-likeness (QED) is 0.0540. The number of rotatable bonds is 10. The number of methoxy groups -OCH3 is 1. The van der Waals surface area contributed by atoms with Gasteiger partial charge >= 0.3 is 12.1 Å². The summed E-state index contributed by atoms with van der Waals surface area (Å²) in [6.07, 6.45) is -1.25. The van der Waals surface area contributed by atoms with E-state index in [2.05, 4.69) is 21.5 Å². The van der Waals surface area contributed by atoms with Crippen LogP contribution in [0.15, 0.2) is 17.3 Å². The zero-order chi connectivity index (χ0) is 37.7. The predicted molar refractivity (Wildman–Crippen MR) is 186 cm³/mol. The van der Waals surface area contributed by atoms with Crippen LogP contribution in [0.1, 0.15) is 87.5 Å². The molecule has 0 aromatic rings. The van der Waals surface area contributed by atoms with E-state index < -0.39 is 71.3 Å². The molecule has 0 saturated carbocycles. The molecule has 12 atom stereocenters. The summed E-state index contributed by atoms with van der Waals surface area (Å²) >= 11 is 0. The number of hydrogen-bond acceptors (Lipinski definition) is 11. The number of azide groups is 1. The number of Topliss-reactive ketones (excluding diaryl/α,β-unsaturated/α-hetero) is 2. The van der Waals surface area contributed by atoms with Crippen LogP contribution in [0.3, 0.4) is 0 Å². The Kier molecular flexibility index (Phi) is 14.1. The van der Waals surface area contributed by atoms with Gasteiger partial charge in [0.1, 0.15) is 18.1 Å². The number of nitrogens with zero attached hydrogens (tertiary/aromatic N) is 5. The first-order chi connectivity index (χ1) is 23.4. The van der Waals surface area contributed by atoms with Gasteiger partial charge in [-0.05, 0) is 79.4 Å². The summed E-state index contributed by atoms with van der Waals surface area (Å²) in [5.74, 6) is -4.32. The number of fused-ring (bicyclic) bond motifs is 1. The Hall–Kier alpha value is -3.03. The van der Waals surface area contributed by atoms with Crippen LogP contribution in [0.4, 0.5) is 4.79 Å². The summed E-state index contributed by atoms with van der Waals surface area (Å²) in [5, 5.41) is 3.57. The van der Waals surface area contributed by atoms with Crippen molar-refractivity contribution in [3.63, 3.8) is 0 Å². The highest BCUT2D eigenvalue weighted by Crippen LogP contribution is 2.43. The van der Waals surface area contributed by atoms with Crippen molar-refractivity contribution in [3.05, 3.63) is 22.6 Å². The van der Waals surface area contributed by atoms with Crippen molar-refractivity contribution in [1.29, 1.82) is 0 Å². The van der Waals surface area contributed by atoms with Crippen LogP contribution in [0.5, 0.6) is 0 Å². The van der Waals surface area contributed by atoms with E-state index in [1.807, 2.05) is 27.9 Å². The SMILES string of the molecule is C=C1C(=O)[C@H](C)C[C@@](C)(OC)[C@H](O[C@@H]2OC(C)CC(N(C)C)C2C)[C@@H](C)C(=O)[C@@H](C)C(=O)O[C@H](CC)[C@@]2(C)OC(=O)N(CCCCN=[N+]=[N-])[C@H]12. The van der Waals surface area contributed by atoms with Gasteiger partial charge in [0.15, 0.2) is 23.5 Å². The molecule has 282 valence electrons. The molecule has 0 N–H and O–H groups in total. The van der Waals surface area contributed by atoms with Crippen LogP contribution in [-0.4, -0.2) is 116 Å². The molecule has 14 nitrogen and oxygen atoms in total. The van der Waals surface area contributed by atoms with Crippen molar-refractivity contribution >= 4 is 23.6 Å². The van der Waals surface area contributed by atoms with Gasteiger partial charge in [0, 0.05) is 54.5 Å². The lowest BCUT2D eigenvalue weighted by molar-refractivity contribution is -0.280. The Balaban J connectivity index is 2.11. The Labute approximate surface area is 297 Å². The number of hydrogen-bond donors (Lipinski definition) is 0. The van der Waals surface area contributed by atoms with Crippen molar-refractivity contribution in [2.45, 2.75) is 135 Å². The number of unbranched alkanes of at least 4 members (excludes halogenated alkanes) is 1. The summed E-state index contributed by atoms with van der Waals surface area (Å²) < 4.78 is 31.3. The first kappa shape index (κ1) is 41.4. The van der Waals surface area contributed by atoms with E-state index in [1.165, 1.54) is 18.9 Å². The molecule has 0 radical (unpaired) electrons. The van der Waals surface area contributed by atoms with E-state index in [1.54, 1.807) is 34.6 Å². The predicted octanol–water partition coefficient (Wildman–Crippen LogP) is 5.48. The average Bonchev–Trinajstić information content (AvgIpc) is 3.33. The summed E-state index contributed by atoms with van der Waals surface area (Å²) in [5.41, 5.74) is 6.10. The van der Waals surface area contributed by atoms with Gasteiger partial charge in [0.05, 0.1) is 17.8 Å². The fraction of sp³-hybridized carbons (Fsp3) is 0.833. The first-order valence-electron chi connectivity index (χ1n) is 17.9. The van der Waals surface area contributed by atoms with Crippen LogP contribution < -0.4 is 0 Å². The molecule has 3 saturated heterocycles. The number of ketones is 2. The van der Waals surface area contributed by atoms with Crippen molar-refractivity contribution < 1.29 is 42.9 Å². The molecule has 3 unspecified atom stereocenters. The molecule has 14 heteroatoms. The molecule has 0 aliphatic carbocycles. The maximum atomic E-state index is 14.4. The van der Waals surface area contributed by atoms with Gasteiger partial charge in [-0.2, -0.15) is 0 Å². The molecule has 1 amide bonds. The minimum atomic E-state index is -1.48. The zero-order valence-corrected chi connectivity index (χ0v) is 31.8. The van der Waals surface area contributed by atoms with Crippen LogP contribution in [0.2, 0.25) is 0 Å².